The van der Waals surface area contributed by atoms with E-state index >= 15 is 0 Å². The maximum Gasteiger partial charge on any atom is 0.219 e. The number of carbonyl (C=O) groups excluding carboxylic acids is 1. The fourth-order valence-corrected chi connectivity index (χ4v) is 1.44. The molecule has 3 nitrogen and oxygen atoms in total. The minimum atomic E-state index is 0. The molecule has 0 saturated heterocycles. The predicted molar refractivity (Wildman–Crippen MR) is 66.2 cm³/mol. The highest BCUT2D eigenvalue weighted by Crippen LogP contribution is 2.01. The first-order valence-electron chi connectivity index (χ1n) is 4.77. The number of rotatable bonds is 8. The van der Waals surface area contributed by atoms with Crippen LogP contribution in [0.3, 0.4) is 0 Å². The molecule has 0 fully saturated rings. The first-order chi connectivity index (χ1) is 6.31. The monoisotopic (exact) mass is 240 g/mol. The van der Waals surface area contributed by atoms with Crippen molar-refractivity contribution in [1.82, 2.24) is 5.32 Å². The Morgan fingerprint density at radius 3 is 2.64 bits per heavy atom. The number of carbonyl (C=O) groups is 1. The van der Waals surface area contributed by atoms with Crippen LogP contribution in [0.1, 0.15) is 25.7 Å². The summed E-state index contributed by atoms with van der Waals surface area (Å²) >= 11 is 1.83. The van der Waals surface area contributed by atoms with Crippen molar-refractivity contribution in [2.75, 3.05) is 25.1 Å². The molecule has 5 heteroatoms. The van der Waals surface area contributed by atoms with Gasteiger partial charge in [0.15, 0.2) is 0 Å². The Hall–Kier alpha value is 0.0700. The zero-order valence-corrected chi connectivity index (χ0v) is 10.4. The van der Waals surface area contributed by atoms with Gasteiger partial charge in [-0.15, -0.1) is 12.4 Å². The van der Waals surface area contributed by atoms with Crippen molar-refractivity contribution in [2.24, 2.45) is 5.73 Å². The Balaban J connectivity index is 0. The van der Waals surface area contributed by atoms with E-state index in [4.69, 9.17) is 5.73 Å². The summed E-state index contributed by atoms with van der Waals surface area (Å²) in [7, 11) is 0. The topological polar surface area (TPSA) is 55.1 Å². The van der Waals surface area contributed by atoms with Crippen molar-refractivity contribution in [3.8, 4) is 0 Å². The molecule has 0 atom stereocenters. The van der Waals surface area contributed by atoms with E-state index in [-0.39, 0.29) is 18.3 Å². The second-order valence-electron chi connectivity index (χ2n) is 2.94. The molecule has 14 heavy (non-hydrogen) atoms. The van der Waals surface area contributed by atoms with Crippen LogP contribution in [0.5, 0.6) is 0 Å². The van der Waals surface area contributed by atoms with Gasteiger partial charge in [-0.25, -0.2) is 0 Å². The second kappa shape index (κ2) is 13.1. The minimum absolute atomic E-state index is 0. The fraction of sp³-hybridized carbons (Fsp3) is 0.889. The molecule has 0 aliphatic carbocycles. The highest BCUT2D eigenvalue weighted by atomic mass is 35.5. The lowest BCUT2D eigenvalue weighted by Gasteiger charge is -2.03. The first kappa shape index (κ1) is 16.5. The van der Waals surface area contributed by atoms with Crippen LogP contribution in [0, 0.1) is 0 Å². The number of nitrogens with one attached hydrogen (secondary N) is 1. The lowest BCUT2D eigenvalue weighted by molar-refractivity contribution is -0.121. The van der Waals surface area contributed by atoms with Gasteiger partial charge in [0.1, 0.15) is 0 Å². The maximum absolute atomic E-state index is 11.1. The van der Waals surface area contributed by atoms with Gasteiger partial charge in [0.05, 0.1) is 0 Å². The van der Waals surface area contributed by atoms with Crippen molar-refractivity contribution in [3.05, 3.63) is 0 Å². The van der Waals surface area contributed by atoms with Crippen LogP contribution in [0.2, 0.25) is 0 Å². The van der Waals surface area contributed by atoms with Gasteiger partial charge in [-0.05, 0) is 37.8 Å². The summed E-state index contributed by atoms with van der Waals surface area (Å²) in [5.74, 6) is 1.31. The third-order valence-electron chi connectivity index (χ3n) is 1.71. The van der Waals surface area contributed by atoms with Crippen molar-refractivity contribution in [3.63, 3.8) is 0 Å². The summed E-state index contributed by atoms with van der Waals surface area (Å²) in [4.78, 5) is 11.1. The normalized spacial score (nSPS) is 9.29. The van der Waals surface area contributed by atoms with Crippen LogP contribution >= 0.6 is 24.2 Å². The standard InChI is InChI=1S/C9H20N2OS.ClH/c1-13-8-3-2-5-9(12)11-7-4-6-10;/h2-8,10H2,1H3,(H,11,12);1H. The first-order valence-corrected chi connectivity index (χ1v) is 6.16. The van der Waals surface area contributed by atoms with Gasteiger partial charge in [-0.1, -0.05) is 0 Å². The van der Waals surface area contributed by atoms with Crippen LogP contribution in [0.25, 0.3) is 0 Å². The number of amides is 1. The molecule has 0 heterocycles. The summed E-state index contributed by atoms with van der Waals surface area (Å²) in [6.45, 7) is 1.37. The number of halogens is 1. The molecule has 0 saturated carbocycles. The Bertz CT molecular complexity index is 136. The van der Waals surface area contributed by atoms with Crippen molar-refractivity contribution >= 4 is 30.1 Å². The molecule has 0 aromatic rings. The van der Waals surface area contributed by atoms with E-state index in [1.807, 2.05) is 11.8 Å². The van der Waals surface area contributed by atoms with Crippen LogP contribution in [-0.4, -0.2) is 31.0 Å². The maximum atomic E-state index is 11.1. The van der Waals surface area contributed by atoms with E-state index < -0.39 is 0 Å². The summed E-state index contributed by atoms with van der Waals surface area (Å²) in [6, 6.07) is 0. The molecule has 0 aliphatic heterocycles. The number of nitrogens with two attached hydrogens (primary N) is 1. The zero-order chi connectivity index (χ0) is 9.94. The van der Waals surface area contributed by atoms with E-state index in [1.54, 1.807) is 0 Å². The Kier molecular flexibility index (Phi) is 15.4. The molecule has 1 amide bonds. The third kappa shape index (κ3) is 12.1. The third-order valence-corrected chi connectivity index (χ3v) is 2.40. The van der Waals surface area contributed by atoms with Crippen molar-refractivity contribution in [1.29, 1.82) is 0 Å². The van der Waals surface area contributed by atoms with E-state index in [0.717, 1.165) is 31.6 Å². The van der Waals surface area contributed by atoms with E-state index in [1.165, 1.54) is 0 Å². The molecule has 0 aromatic carbocycles. The van der Waals surface area contributed by atoms with E-state index in [2.05, 4.69) is 11.6 Å². The van der Waals surface area contributed by atoms with Crippen LogP contribution in [0.15, 0.2) is 0 Å². The van der Waals surface area contributed by atoms with Gasteiger partial charge < -0.3 is 11.1 Å². The van der Waals surface area contributed by atoms with E-state index in [9.17, 15) is 4.79 Å². The van der Waals surface area contributed by atoms with Gasteiger partial charge in [0.25, 0.3) is 0 Å². The van der Waals surface area contributed by atoms with Gasteiger partial charge in [0, 0.05) is 13.0 Å². The fourth-order valence-electron chi connectivity index (χ4n) is 0.950. The predicted octanol–water partition coefficient (Wildman–Crippen LogP) is 1.41. The molecule has 0 radical (unpaired) electrons. The number of hydrogen-bond donors (Lipinski definition) is 2. The molecule has 0 aliphatic rings. The van der Waals surface area contributed by atoms with Gasteiger partial charge >= 0.3 is 0 Å². The quantitative estimate of drug-likeness (QED) is 0.631. The summed E-state index contributed by atoms with van der Waals surface area (Å²) < 4.78 is 0. The lowest BCUT2D eigenvalue weighted by Crippen LogP contribution is -2.25. The van der Waals surface area contributed by atoms with Crippen LogP contribution in [-0.2, 0) is 4.79 Å². The highest BCUT2D eigenvalue weighted by Gasteiger charge is 1.98. The van der Waals surface area contributed by atoms with Crippen LogP contribution < -0.4 is 11.1 Å². The Morgan fingerprint density at radius 1 is 1.36 bits per heavy atom. The van der Waals surface area contributed by atoms with Crippen LogP contribution in [0.4, 0.5) is 0 Å². The smallest absolute Gasteiger partial charge is 0.219 e. The average molecular weight is 241 g/mol. The lowest BCUT2D eigenvalue weighted by atomic mass is 10.2. The molecule has 86 valence electrons. The SMILES string of the molecule is CSCCCCC(=O)NCCCN.Cl. The summed E-state index contributed by atoms with van der Waals surface area (Å²) in [5, 5.41) is 2.83. The molecule has 0 rings (SSSR count). The summed E-state index contributed by atoms with van der Waals surface area (Å²) in [6.07, 6.45) is 5.74. The Labute approximate surface area is 97.0 Å². The molecular formula is C9H21ClN2OS. The molecule has 0 bridgehead atoms. The Morgan fingerprint density at radius 2 is 2.07 bits per heavy atom. The molecule has 0 spiro atoms. The van der Waals surface area contributed by atoms with Crippen molar-refractivity contribution in [2.45, 2.75) is 25.7 Å². The average Bonchev–Trinajstić information content (AvgIpc) is 2.13. The number of hydrogen-bond acceptors (Lipinski definition) is 3. The molecular weight excluding hydrogens is 220 g/mol. The number of thioether (sulfide) groups is 1. The molecule has 0 aromatic heterocycles. The zero-order valence-electron chi connectivity index (χ0n) is 8.75. The van der Waals surface area contributed by atoms with E-state index in [0.29, 0.717) is 13.0 Å². The largest absolute Gasteiger partial charge is 0.356 e. The highest BCUT2D eigenvalue weighted by molar-refractivity contribution is 7.98. The summed E-state index contributed by atoms with van der Waals surface area (Å²) in [5.41, 5.74) is 5.30. The van der Waals surface area contributed by atoms with Gasteiger partial charge in [0.2, 0.25) is 5.91 Å². The second-order valence-corrected chi connectivity index (χ2v) is 3.93. The molecule has 3 N–H and O–H groups in total. The van der Waals surface area contributed by atoms with Crippen molar-refractivity contribution < 1.29 is 4.79 Å². The number of unbranched alkanes of at least 4 members (excludes halogenated alkanes) is 1. The van der Waals surface area contributed by atoms with Gasteiger partial charge in [-0.3, -0.25) is 4.79 Å². The minimum Gasteiger partial charge on any atom is -0.356 e. The van der Waals surface area contributed by atoms with Gasteiger partial charge in [-0.2, -0.15) is 11.8 Å². The molecule has 0 unspecified atom stereocenters.